The molecule has 1 N–H and O–H groups in total. The lowest BCUT2D eigenvalue weighted by Crippen LogP contribution is -2.55. The van der Waals surface area contributed by atoms with Gasteiger partial charge in [0.1, 0.15) is 5.54 Å². The average Bonchev–Trinajstić information content (AvgIpc) is 2.82. The van der Waals surface area contributed by atoms with Crippen LogP contribution >= 0.6 is 0 Å². The maximum atomic E-state index is 12.6. The van der Waals surface area contributed by atoms with Gasteiger partial charge in [0.2, 0.25) is 11.8 Å². The molecule has 1 heterocycles. The van der Waals surface area contributed by atoms with Crippen LogP contribution in [0.5, 0.6) is 0 Å². The lowest BCUT2D eigenvalue weighted by molar-refractivity contribution is -0.138. The van der Waals surface area contributed by atoms with E-state index in [-0.39, 0.29) is 11.8 Å². The monoisotopic (exact) mass is 286 g/mol. The Hall–Kier alpha value is -0.910. The minimum atomic E-state index is -0.870. The molecule has 1 saturated heterocycles. The van der Waals surface area contributed by atoms with E-state index in [1.807, 2.05) is 6.92 Å². The normalized spacial score (nSPS) is 24.4. The van der Waals surface area contributed by atoms with Crippen LogP contribution in [-0.2, 0) is 20.4 Å². The second-order valence-corrected chi connectivity index (χ2v) is 7.18. The molecule has 0 aromatic heterocycles. The van der Waals surface area contributed by atoms with Crippen molar-refractivity contribution in [3.63, 3.8) is 0 Å². The van der Waals surface area contributed by atoms with Crippen LogP contribution in [0.2, 0.25) is 0 Å². The standard InChI is InChI=1S/C13H22N2O3S/c1-2-19(18)10-9-15-8-5-11(16)14-13(12(15)17)6-3-4-7-13/h2-10H2,1H3,(H,14,16). The van der Waals surface area contributed by atoms with Crippen LogP contribution in [0.25, 0.3) is 0 Å². The number of nitrogens with one attached hydrogen (secondary N) is 1. The zero-order chi connectivity index (χ0) is 13.9. The molecule has 1 aliphatic heterocycles. The molecule has 0 aromatic carbocycles. The van der Waals surface area contributed by atoms with Gasteiger partial charge in [-0.15, -0.1) is 0 Å². The predicted octanol–water partition coefficient (Wildman–Crippen LogP) is 0.416. The van der Waals surface area contributed by atoms with Gasteiger partial charge in [-0.25, -0.2) is 0 Å². The molecule has 1 spiro atoms. The summed E-state index contributed by atoms with van der Waals surface area (Å²) in [6, 6.07) is 0. The van der Waals surface area contributed by atoms with Crippen molar-refractivity contribution in [2.75, 3.05) is 24.6 Å². The van der Waals surface area contributed by atoms with Crippen molar-refractivity contribution >= 4 is 22.6 Å². The fourth-order valence-corrected chi connectivity index (χ4v) is 3.62. The number of amides is 2. The molecule has 2 fully saturated rings. The number of carbonyl (C=O) groups is 2. The van der Waals surface area contributed by atoms with Gasteiger partial charge >= 0.3 is 0 Å². The Morgan fingerprint density at radius 3 is 2.63 bits per heavy atom. The fraction of sp³-hybridized carbons (Fsp3) is 0.846. The van der Waals surface area contributed by atoms with Gasteiger partial charge < -0.3 is 10.2 Å². The zero-order valence-corrected chi connectivity index (χ0v) is 12.3. The van der Waals surface area contributed by atoms with Crippen LogP contribution in [0.15, 0.2) is 0 Å². The van der Waals surface area contributed by atoms with Crippen LogP contribution < -0.4 is 5.32 Å². The maximum absolute atomic E-state index is 12.6. The van der Waals surface area contributed by atoms with Gasteiger partial charge in [0.05, 0.1) is 0 Å². The van der Waals surface area contributed by atoms with Crippen molar-refractivity contribution in [3.05, 3.63) is 0 Å². The Morgan fingerprint density at radius 2 is 2.00 bits per heavy atom. The first-order valence-electron chi connectivity index (χ1n) is 7.03. The topological polar surface area (TPSA) is 66.5 Å². The van der Waals surface area contributed by atoms with Gasteiger partial charge in [-0.05, 0) is 12.8 Å². The molecule has 108 valence electrons. The minimum absolute atomic E-state index is 0.0314. The highest BCUT2D eigenvalue weighted by Gasteiger charge is 2.46. The van der Waals surface area contributed by atoms with E-state index >= 15 is 0 Å². The van der Waals surface area contributed by atoms with Crippen LogP contribution in [-0.4, -0.2) is 51.1 Å². The fourth-order valence-electron chi connectivity index (χ4n) is 2.91. The molecule has 19 heavy (non-hydrogen) atoms. The Morgan fingerprint density at radius 1 is 1.32 bits per heavy atom. The molecule has 2 aliphatic rings. The average molecular weight is 286 g/mol. The summed E-state index contributed by atoms with van der Waals surface area (Å²) in [5, 5.41) is 2.93. The Bertz CT molecular complexity index is 391. The highest BCUT2D eigenvalue weighted by atomic mass is 32.2. The molecule has 1 atom stereocenters. The lowest BCUT2D eigenvalue weighted by atomic mass is 9.96. The van der Waals surface area contributed by atoms with Crippen LogP contribution in [0, 0.1) is 0 Å². The van der Waals surface area contributed by atoms with Gasteiger partial charge in [-0.2, -0.15) is 0 Å². The molecule has 5 nitrogen and oxygen atoms in total. The summed E-state index contributed by atoms with van der Waals surface area (Å²) in [6.45, 7) is 2.83. The Balaban J connectivity index is 2.08. The number of carbonyl (C=O) groups excluding carboxylic acids is 2. The second kappa shape index (κ2) is 6.03. The summed E-state index contributed by atoms with van der Waals surface area (Å²) in [6.07, 6.45) is 3.81. The van der Waals surface area contributed by atoms with Crippen molar-refractivity contribution in [1.29, 1.82) is 0 Å². The first-order chi connectivity index (χ1) is 9.07. The lowest BCUT2D eigenvalue weighted by Gasteiger charge is -2.31. The van der Waals surface area contributed by atoms with Crippen LogP contribution in [0.3, 0.4) is 0 Å². The van der Waals surface area contributed by atoms with E-state index in [9.17, 15) is 13.8 Å². The van der Waals surface area contributed by atoms with Crippen molar-refractivity contribution in [1.82, 2.24) is 10.2 Å². The SMILES string of the molecule is CCS(=O)CCN1CCC(=O)NC2(CCCC2)C1=O. The highest BCUT2D eigenvalue weighted by Crippen LogP contribution is 2.32. The third-order valence-electron chi connectivity index (χ3n) is 4.05. The van der Waals surface area contributed by atoms with Crippen LogP contribution in [0.4, 0.5) is 0 Å². The first-order valence-corrected chi connectivity index (χ1v) is 8.51. The van der Waals surface area contributed by atoms with E-state index in [0.29, 0.717) is 31.0 Å². The molecule has 0 radical (unpaired) electrons. The molecule has 2 amide bonds. The number of hydrogen-bond acceptors (Lipinski definition) is 3. The molecule has 1 saturated carbocycles. The third kappa shape index (κ3) is 3.16. The molecule has 2 rings (SSSR count). The van der Waals surface area contributed by atoms with E-state index in [0.717, 1.165) is 25.7 Å². The minimum Gasteiger partial charge on any atom is -0.342 e. The number of rotatable bonds is 4. The zero-order valence-electron chi connectivity index (χ0n) is 11.4. The van der Waals surface area contributed by atoms with Crippen LogP contribution in [0.1, 0.15) is 39.0 Å². The summed E-state index contributed by atoms with van der Waals surface area (Å²) in [5.74, 6) is 1.12. The summed E-state index contributed by atoms with van der Waals surface area (Å²) < 4.78 is 11.5. The van der Waals surface area contributed by atoms with E-state index in [2.05, 4.69) is 5.32 Å². The van der Waals surface area contributed by atoms with Crippen molar-refractivity contribution in [2.45, 2.75) is 44.6 Å². The molecule has 1 unspecified atom stereocenters. The second-order valence-electron chi connectivity index (χ2n) is 5.31. The van der Waals surface area contributed by atoms with Gasteiger partial charge in [0, 0.05) is 41.8 Å². The van der Waals surface area contributed by atoms with Crippen molar-refractivity contribution in [3.8, 4) is 0 Å². The first kappa shape index (κ1) is 14.5. The number of nitrogens with zero attached hydrogens (tertiary/aromatic N) is 1. The third-order valence-corrected chi connectivity index (χ3v) is 5.33. The molecule has 6 heteroatoms. The van der Waals surface area contributed by atoms with Gasteiger partial charge in [0.15, 0.2) is 0 Å². The summed E-state index contributed by atoms with van der Waals surface area (Å²) in [4.78, 5) is 26.1. The molecule has 0 aromatic rings. The Kier molecular flexibility index (Phi) is 4.60. The van der Waals surface area contributed by atoms with E-state index in [1.54, 1.807) is 4.90 Å². The Labute approximate surface area is 116 Å². The predicted molar refractivity (Wildman–Crippen MR) is 74.1 cm³/mol. The highest BCUT2D eigenvalue weighted by molar-refractivity contribution is 7.84. The summed E-state index contributed by atoms with van der Waals surface area (Å²) in [5.41, 5.74) is -0.665. The van der Waals surface area contributed by atoms with E-state index in [1.165, 1.54) is 0 Å². The molecule has 0 bridgehead atoms. The smallest absolute Gasteiger partial charge is 0.248 e. The maximum Gasteiger partial charge on any atom is 0.248 e. The largest absolute Gasteiger partial charge is 0.342 e. The van der Waals surface area contributed by atoms with E-state index < -0.39 is 16.3 Å². The van der Waals surface area contributed by atoms with Crippen molar-refractivity contribution < 1.29 is 13.8 Å². The van der Waals surface area contributed by atoms with E-state index in [4.69, 9.17) is 0 Å². The van der Waals surface area contributed by atoms with Gasteiger partial charge in [0.25, 0.3) is 0 Å². The molecule has 1 aliphatic carbocycles. The quantitative estimate of drug-likeness (QED) is 0.814. The summed E-state index contributed by atoms with van der Waals surface area (Å²) >= 11 is 0. The summed E-state index contributed by atoms with van der Waals surface area (Å²) in [7, 11) is -0.870. The van der Waals surface area contributed by atoms with Gasteiger partial charge in [-0.1, -0.05) is 19.8 Å². The van der Waals surface area contributed by atoms with Gasteiger partial charge in [-0.3, -0.25) is 13.8 Å². The number of hydrogen-bond donors (Lipinski definition) is 1. The molecular formula is C13H22N2O3S. The molecular weight excluding hydrogens is 264 g/mol. The van der Waals surface area contributed by atoms with Crippen molar-refractivity contribution in [2.24, 2.45) is 0 Å².